The second-order valence-electron chi connectivity index (χ2n) is 12.8. The summed E-state index contributed by atoms with van der Waals surface area (Å²) in [6, 6.07) is 13.1. The van der Waals surface area contributed by atoms with Gasteiger partial charge in [-0.25, -0.2) is 0 Å². The van der Waals surface area contributed by atoms with Gasteiger partial charge in [-0.3, -0.25) is 9.59 Å². The minimum absolute atomic E-state index is 0.101. The molecule has 3 aliphatic heterocycles. The van der Waals surface area contributed by atoms with Gasteiger partial charge in [-0.15, -0.1) is 0 Å². The highest BCUT2D eigenvalue weighted by Crippen LogP contribution is 2.42. The van der Waals surface area contributed by atoms with Crippen molar-refractivity contribution in [3.8, 4) is 0 Å². The van der Waals surface area contributed by atoms with Gasteiger partial charge in [-0.2, -0.15) is 0 Å². The van der Waals surface area contributed by atoms with Crippen molar-refractivity contribution in [2.45, 2.75) is 57.4 Å². The molecule has 1 aliphatic carbocycles. The molecule has 3 heterocycles. The molecule has 1 N–H and O–H groups in total. The monoisotopic (exact) mass is 562 g/mol. The lowest BCUT2D eigenvalue weighted by Crippen LogP contribution is -2.49. The highest BCUT2D eigenvalue weighted by molar-refractivity contribution is 6.33. The first-order chi connectivity index (χ1) is 19.4. The number of halogens is 1. The number of amides is 2. The summed E-state index contributed by atoms with van der Waals surface area (Å²) in [6.07, 6.45) is 9.19. The SMILES string of the molecule is CN1CCC(CN2CCC3(CC2)CCN(C(=O)c2ccc4c(c2)[C@H](NC(=O)c2ccccc2Cl)CC4)CC3)CC1. The van der Waals surface area contributed by atoms with E-state index in [1.54, 1.807) is 12.1 Å². The minimum atomic E-state index is -0.168. The molecule has 6 rings (SSSR count). The molecule has 0 saturated carbocycles. The van der Waals surface area contributed by atoms with E-state index in [0.717, 1.165) is 55.8 Å². The van der Waals surface area contributed by atoms with Gasteiger partial charge >= 0.3 is 0 Å². The first kappa shape index (κ1) is 27.7. The molecule has 0 aromatic heterocycles. The van der Waals surface area contributed by atoms with Crippen LogP contribution in [-0.2, 0) is 6.42 Å². The maximum absolute atomic E-state index is 13.6. The summed E-state index contributed by atoms with van der Waals surface area (Å²) in [5, 5.41) is 3.61. The Morgan fingerprint density at radius 1 is 0.925 bits per heavy atom. The molecule has 7 heteroatoms. The number of aryl methyl sites for hydroxylation is 1. The van der Waals surface area contributed by atoms with E-state index in [1.807, 2.05) is 24.3 Å². The van der Waals surface area contributed by atoms with E-state index in [2.05, 4.69) is 33.1 Å². The van der Waals surface area contributed by atoms with Crippen LogP contribution >= 0.6 is 11.6 Å². The molecule has 0 unspecified atom stereocenters. The van der Waals surface area contributed by atoms with Crippen molar-refractivity contribution in [2.75, 3.05) is 52.9 Å². The van der Waals surface area contributed by atoms with Crippen LogP contribution in [0.25, 0.3) is 0 Å². The Hall–Kier alpha value is -2.41. The van der Waals surface area contributed by atoms with Crippen molar-refractivity contribution >= 4 is 23.4 Å². The highest BCUT2D eigenvalue weighted by Gasteiger charge is 2.39. The first-order valence-corrected chi connectivity index (χ1v) is 15.7. The second kappa shape index (κ2) is 11.8. The molecule has 0 bridgehead atoms. The average Bonchev–Trinajstić information content (AvgIpc) is 3.37. The van der Waals surface area contributed by atoms with Crippen LogP contribution in [0.3, 0.4) is 0 Å². The summed E-state index contributed by atoms with van der Waals surface area (Å²) in [5.74, 6) is 0.820. The molecule has 3 saturated heterocycles. The van der Waals surface area contributed by atoms with E-state index in [-0.39, 0.29) is 17.9 Å². The Balaban J connectivity index is 1.03. The fourth-order valence-corrected chi connectivity index (χ4v) is 7.67. The molecule has 2 aromatic carbocycles. The number of benzene rings is 2. The largest absolute Gasteiger partial charge is 0.345 e. The second-order valence-corrected chi connectivity index (χ2v) is 13.2. The molecule has 1 spiro atoms. The van der Waals surface area contributed by atoms with Crippen LogP contribution in [0.4, 0.5) is 0 Å². The van der Waals surface area contributed by atoms with Crippen LogP contribution in [0.2, 0.25) is 5.02 Å². The molecular formula is C33H43ClN4O2. The van der Waals surface area contributed by atoms with Gasteiger partial charge < -0.3 is 20.0 Å². The van der Waals surface area contributed by atoms with Gasteiger partial charge in [-0.05, 0) is 131 Å². The van der Waals surface area contributed by atoms with Crippen LogP contribution in [0.5, 0.6) is 0 Å². The van der Waals surface area contributed by atoms with Crippen molar-refractivity contribution in [3.05, 3.63) is 69.7 Å². The van der Waals surface area contributed by atoms with E-state index < -0.39 is 0 Å². The van der Waals surface area contributed by atoms with Gasteiger partial charge in [0.2, 0.25) is 0 Å². The predicted molar refractivity (Wildman–Crippen MR) is 160 cm³/mol. The summed E-state index contributed by atoms with van der Waals surface area (Å²) >= 11 is 6.25. The zero-order valence-corrected chi connectivity index (χ0v) is 24.6. The summed E-state index contributed by atoms with van der Waals surface area (Å²) in [6.45, 7) is 7.88. The van der Waals surface area contributed by atoms with Gasteiger partial charge in [0.15, 0.2) is 0 Å². The molecule has 2 aromatic rings. The van der Waals surface area contributed by atoms with Crippen LogP contribution in [0.1, 0.15) is 82.8 Å². The third kappa shape index (κ3) is 5.95. The third-order valence-electron chi connectivity index (χ3n) is 10.3. The Kier molecular flexibility index (Phi) is 8.21. The molecule has 214 valence electrons. The molecule has 4 aliphatic rings. The molecule has 2 amide bonds. The number of carbonyl (C=O) groups is 2. The summed E-state index contributed by atoms with van der Waals surface area (Å²) in [7, 11) is 2.24. The zero-order chi connectivity index (χ0) is 27.7. The molecule has 1 atom stereocenters. The Morgan fingerprint density at radius 3 is 2.35 bits per heavy atom. The number of fused-ring (bicyclic) bond motifs is 1. The van der Waals surface area contributed by atoms with Gasteiger partial charge in [0, 0.05) is 25.2 Å². The number of carbonyl (C=O) groups excluding carboxylic acids is 2. The van der Waals surface area contributed by atoms with Crippen molar-refractivity contribution in [1.82, 2.24) is 20.0 Å². The first-order valence-electron chi connectivity index (χ1n) is 15.3. The van der Waals surface area contributed by atoms with E-state index in [4.69, 9.17) is 11.6 Å². The van der Waals surface area contributed by atoms with Crippen molar-refractivity contribution < 1.29 is 9.59 Å². The fourth-order valence-electron chi connectivity index (χ4n) is 7.45. The average molecular weight is 563 g/mol. The lowest BCUT2D eigenvalue weighted by atomic mass is 9.71. The lowest BCUT2D eigenvalue weighted by molar-refractivity contribution is 0.0242. The normalized spacial score (nSPS) is 23.8. The minimum Gasteiger partial charge on any atom is -0.345 e. The smallest absolute Gasteiger partial charge is 0.253 e. The fraction of sp³-hybridized carbons (Fsp3) is 0.576. The standard InChI is InChI=1S/C33H43ClN4O2/c1-36-16-10-24(11-17-36)23-37-18-12-33(13-19-37)14-20-38(21-15-33)32(40)26-7-6-25-8-9-30(28(25)22-26)35-31(39)27-4-2-3-5-29(27)34/h2-7,22,24,30H,8-21,23H2,1H3,(H,35,39)/t30-/m1/s1. The number of nitrogens with zero attached hydrogens (tertiary/aromatic N) is 3. The Morgan fingerprint density at radius 2 is 1.62 bits per heavy atom. The zero-order valence-electron chi connectivity index (χ0n) is 23.8. The van der Waals surface area contributed by atoms with Crippen molar-refractivity contribution in [1.29, 1.82) is 0 Å². The van der Waals surface area contributed by atoms with Crippen LogP contribution in [0, 0.1) is 11.3 Å². The maximum atomic E-state index is 13.6. The number of nitrogens with one attached hydrogen (secondary N) is 1. The highest BCUT2D eigenvalue weighted by atomic mass is 35.5. The van der Waals surface area contributed by atoms with Crippen LogP contribution < -0.4 is 5.32 Å². The molecule has 0 radical (unpaired) electrons. The number of piperidine rings is 3. The van der Waals surface area contributed by atoms with Gasteiger partial charge in [0.1, 0.15) is 0 Å². The number of hydrogen-bond donors (Lipinski definition) is 1. The Labute approximate surface area is 244 Å². The number of likely N-dealkylation sites (tertiary alicyclic amines) is 3. The van der Waals surface area contributed by atoms with Gasteiger partial charge in [-0.1, -0.05) is 29.8 Å². The van der Waals surface area contributed by atoms with Crippen LogP contribution in [-0.4, -0.2) is 79.4 Å². The van der Waals surface area contributed by atoms with Crippen LogP contribution in [0.15, 0.2) is 42.5 Å². The van der Waals surface area contributed by atoms with Crippen molar-refractivity contribution in [2.24, 2.45) is 11.3 Å². The molecular weight excluding hydrogens is 520 g/mol. The Bertz CT molecular complexity index is 1220. The third-order valence-corrected chi connectivity index (χ3v) is 10.6. The number of hydrogen-bond acceptors (Lipinski definition) is 4. The van der Waals surface area contributed by atoms with Gasteiger partial charge in [0.25, 0.3) is 11.8 Å². The number of rotatable bonds is 5. The maximum Gasteiger partial charge on any atom is 0.253 e. The van der Waals surface area contributed by atoms with E-state index in [1.165, 1.54) is 64.0 Å². The topological polar surface area (TPSA) is 55.9 Å². The van der Waals surface area contributed by atoms with E-state index in [9.17, 15) is 9.59 Å². The summed E-state index contributed by atoms with van der Waals surface area (Å²) in [5.41, 5.74) is 3.91. The predicted octanol–water partition coefficient (Wildman–Crippen LogP) is 5.42. The molecule has 6 nitrogen and oxygen atoms in total. The van der Waals surface area contributed by atoms with E-state index in [0.29, 0.717) is 16.0 Å². The quantitative estimate of drug-likeness (QED) is 0.529. The summed E-state index contributed by atoms with van der Waals surface area (Å²) in [4.78, 5) is 33.7. The summed E-state index contributed by atoms with van der Waals surface area (Å²) < 4.78 is 0. The van der Waals surface area contributed by atoms with E-state index >= 15 is 0 Å². The molecule has 3 fully saturated rings. The van der Waals surface area contributed by atoms with Gasteiger partial charge in [0.05, 0.1) is 16.6 Å². The lowest BCUT2D eigenvalue weighted by Gasteiger charge is -2.47. The van der Waals surface area contributed by atoms with Crippen molar-refractivity contribution in [3.63, 3.8) is 0 Å². The molecule has 40 heavy (non-hydrogen) atoms.